The van der Waals surface area contributed by atoms with Gasteiger partial charge in [0.2, 0.25) is 0 Å². The summed E-state index contributed by atoms with van der Waals surface area (Å²) in [5.74, 6) is 0.987. The van der Waals surface area contributed by atoms with Gasteiger partial charge in [0, 0.05) is 18.6 Å². The molecule has 2 aliphatic rings. The molecule has 1 saturated heterocycles. The molecule has 1 heterocycles. The quantitative estimate of drug-likeness (QED) is 0.768. The zero-order chi connectivity index (χ0) is 10.7. The molecule has 2 nitrogen and oxygen atoms in total. The average molecular weight is 210 g/mol. The predicted molar refractivity (Wildman–Crippen MR) is 65.1 cm³/mol. The first-order chi connectivity index (χ1) is 7.31. The first-order valence-electron chi connectivity index (χ1n) is 6.72. The largest absolute Gasteiger partial charge is 0.316 e. The highest BCUT2D eigenvalue weighted by Crippen LogP contribution is 2.31. The molecule has 1 saturated carbocycles. The molecule has 0 bridgehead atoms. The van der Waals surface area contributed by atoms with Crippen molar-refractivity contribution in [2.75, 3.05) is 20.1 Å². The van der Waals surface area contributed by atoms with Crippen LogP contribution in [0.1, 0.15) is 45.4 Å². The van der Waals surface area contributed by atoms with Gasteiger partial charge in [-0.25, -0.2) is 0 Å². The molecule has 0 aromatic rings. The number of nitrogens with one attached hydrogen (secondary N) is 1. The Hall–Kier alpha value is -0.0800. The fourth-order valence-electron chi connectivity index (χ4n) is 3.35. The fraction of sp³-hybridized carbons (Fsp3) is 1.00. The molecule has 0 spiro atoms. The van der Waals surface area contributed by atoms with Gasteiger partial charge in [-0.05, 0) is 52.1 Å². The van der Waals surface area contributed by atoms with Crippen LogP contribution in [-0.2, 0) is 0 Å². The number of piperidine rings is 1. The van der Waals surface area contributed by atoms with Gasteiger partial charge in [0.1, 0.15) is 0 Å². The van der Waals surface area contributed by atoms with E-state index in [-0.39, 0.29) is 0 Å². The predicted octanol–water partition coefficient (Wildman–Crippen LogP) is 2.25. The van der Waals surface area contributed by atoms with Crippen molar-refractivity contribution in [1.29, 1.82) is 0 Å². The molecular weight excluding hydrogens is 184 g/mol. The van der Waals surface area contributed by atoms with Crippen LogP contribution >= 0.6 is 0 Å². The number of hydrogen-bond acceptors (Lipinski definition) is 2. The van der Waals surface area contributed by atoms with Crippen molar-refractivity contribution in [3.8, 4) is 0 Å². The Morgan fingerprint density at radius 2 is 1.87 bits per heavy atom. The molecule has 2 unspecified atom stereocenters. The van der Waals surface area contributed by atoms with E-state index in [1.54, 1.807) is 0 Å². The molecule has 2 heteroatoms. The Morgan fingerprint density at radius 3 is 2.53 bits per heavy atom. The van der Waals surface area contributed by atoms with E-state index in [0.29, 0.717) is 0 Å². The molecule has 2 fully saturated rings. The normalized spacial score (nSPS) is 32.0. The summed E-state index contributed by atoms with van der Waals surface area (Å²) in [7, 11) is 2.11. The van der Waals surface area contributed by atoms with Crippen molar-refractivity contribution >= 4 is 0 Å². The maximum atomic E-state index is 3.44. The second kappa shape index (κ2) is 5.31. The molecule has 15 heavy (non-hydrogen) atoms. The second-order valence-electron chi connectivity index (χ2n) is 5.41. The van der Waals surface area contributed by atoms with Crippen LogP contribution in [0.15, 0.2) is 0 Å². The van der Waals surface area contributed by atoms with Crippen molar-refractivity contribution in [3.63, 3.8) is 0 Å². The third kappa shape index (κ3) is 2.73. The van der Waals surface area contributed by atoms with Gasteiger partial charge in [0.05, 0.1) is 0 Å². The lowest BCUT2D eigenvalue weighted by molar-refractivity contribution is 0.111. The van der Waals surface area contributed by atoms with E-state index in [9.17, 15) is 0 Å². The molecular formula is C13H26N2. The average Bonchev–Trinajstić information content (AvgIpc) is 2.81. The van der Waals surface area contributed by atoms with Crippen molar-refractivity contribution in [1.82, 2.24) is 10.2 Å². The van der Waals surface area contributed by atoms with E-state index < -0.39 is 0 Å². The molecule has 1 N–H and O–H groups in total. The van der Waals surface area contributed by atoms with Gasteiger partial charge in [-0.15, -0.1) is 0 Å². The van der Waals surface area contributed by atoms with Crippen LogP contribution in [-0.4, -0.2) is 37.1 Å². The minimum absolute atomic E-state index is 0.739. The molecule has 2 atom stereocenters. The van der Waals surface area contributed by atoms with Crippen LogP contribution in [0, 0.1) is 5.92 Å². The topological polar surface area (TPSA) is 15.3 Å². The van der Waals surface area contributed by atoms with Crippen molar-refractivity contribution in [3.05, 3.63) is 0 Å². The lowest BCUT2D eigenvalue weighted by Crippen LogP contribution is -2.49. The summed E-state index contributed by atoms with van der Waals surface area (Å²) in [6, 6.07) is 1.56. The minimum atomic E-state index is 0.739. The maximum absolute atomic E-state index is 3.44. The molecule has 0 aromatic heterocycles. The maximum Gasteiger partial charge on any atom is 0.0192 e. The van der Waals surface area contributed by atoms with Crippen LogP contribution in [0.4, 0.5) is 0 Å². The highest BCUT2D eigenvalue weighted by atomic mass is 15.2. The lowest BCUT2D eigenvalue weighted by atomic mass is 9.95. The van der Waals surface area contributed by atoms with E-state index in [1.165, 1.54) is 51.6 Å². The Morgan fingerprint density at radius 1 is 1.13 bits per heavy atom. The lowest BCUT2D eigenvalue weighted by Gasteiger charge is -2.39. The number of likely N-dealkylation sites (tertiary alicyclic amines) is 1. The number of nitrogens with zero attached hydrogens (tertiary/aromatic N) is 1. The number of hydrogen-bond donors (Lipinski definition) is 1. The van der Waals surface area contributed by atoms with Gasteiger partial charge >= 0.3 is 0 Å². The molecule has 2 rings (SSSR count). The standard InChI is InChI=1S/C13H26N2/c1-11(12-6-3-4-7-12)15-9-5-8-13(10-15)14-2/h11-14H,3-10H2,1-2H3. The van der Waals surface area contributed by atoms with Gasteiger partial charge in [0.25, 0.3) is 0 Å². The van der Waals surface area contributed by atoms with Gasteiger partial charge in [-0.3, -0.25) is 4.90 Å². The van der Waals surface area contributed by atoms with Crippen molar-refractivity contribution in [2.24, 2.45) is 5.92 Å². The summed E-state index contributed by atoms with van der Waals surface area (Å²) in [5, 5.41) is 3.44. The fourth-order valence-corrected chi connectivity index (χ4v) is 3.35. The molecule has 0 amide bonds. The van der Waals surface area contributed by atoms with E-state index in [2.05, 4.69) is 24.2 Å². The summed E-state index contributed by atoms with van der Waals surface area (Å²) >= 11 is 0. The van der Waals surface area contributed by atoms with E-state index >= 15 is 0 Å². The van der Waals surface area contributed by atoms with Gasteiger partial charge in [-0.1, -0.05) is 12.8 Å². The molecule has 1 aliphatic heterocycles. The minimum Gasteiger partial charge on any atom is -0.316 e. The van der Waals surface area contributed by atoms with Crippen LogP contribution in [0.5, 0.6) is 0 Å². The first kappa shape index (κ1) is 11.4. The third-order valence-corrected chi connectivity index (χ3v) is 4.52. The summed E-state index contributed by atoms with van der Waals surface area (Å²) in [4.78, 5) is 2.72. The summed E-state index contributed by atoms with van der Waals surface area (Å²) in [6.07, 6.45) is 8.63. The number of rotatable bonds is 3. The van der Waals surface area contributed by atoms with Crippen molar-refractivity contribution in [2.45, 2.75) is 57.5 Å². The highest BCUT2D eigenvalue weighted by molar-refractivity contribution is 4.85. The smallest absolute Gasteiger partial charge is 0.0192 e. The SMILES string of the molecule is CNC1CCCN(C(C)C2CCCC2)C1. The van der Waals surface area contributed by atoms with Crippen LogP contribution in [0.25, 0.3) is 0 Å². The molecule has 88 valence electrons. The molecule has 1 aliphatic carbocycles. The zero-order valence-corrected chi connectivity index (χ0v) is 10.3. The molecule has 0 aromatic carbocycles. The number of likely N-dealkylation sites (N-methyl/N-ethyl adjacent to an activating group) is 1. The van der Waals surface area contributed by atoms with Crippen LogP contribution in [0.3, 0.4) is 0 Å². The van der Waals surface area contributed by atoms with E-state index in [0.717, 1.165) is 18.0 Å². The van der Waals surface area contributed by atoms with Crippen molar-refractivity contribution < 1.29 is 0 Å². The van der Waals surface area contributed by atoms with E-state index in [4.69, 9.17) is 0 Å². The van der Waals surface area contributed by atoms with Gasteiger partial charge < -0.3 is 5.32 Å². The van der Waals surface area contributed by atoms with Crippen LogP contribution in [0.2, 0.25) is 0 Å². The third-order valence-electron chi connectivity index (χ3n) is 4.52. The Bertz CT molecular complexity index is 187. The Labute approximate surface area is 94.4 Å². The Balaban J connectivity index is 1.85. The zero-order valence-electron chi connectivity index (χ0n) is 10.3. The first-order valence-corrected chi connectivity index (χ1v) is 6.72. The molecule has 0 radical (unpaired) electrons. The van der Waals surface area contributed by atoms with E-state index in [1.807, 2.05) is 0 Å². The van der Waals surface area contributed by atoms with Crippen LogP contribution < -0.4 is 5.32 Å². The summed E-state index contributed by atoms with van der Waals surface area (Å²) in [5.41, 5.74) is 0. The second-order valence-corrected chi connectivity index (χ2v) is 5.41. The van der Waals surface area contributed by atoms with Gasteiger partial charge in [-0.2, -0.15) is 0 Å². The monoisotopic (exact) mass is 210 g/mol. The highest BCUT2D eigenvalue weighted by Gasteiger charge is 2.29. The van der Waals surface area contributed by atoms with Gasteiger partial charge in [0.15, 0.2) is 0 Å². The summed E-state index contributed by atoms with van der Waals surface area (Å²) < 4.78 is 0. The Kier molecular flexibility index (Phi) is 4.04. The summed E-state index contributed by atoms with van der Waals surface area (Å²) in [6.45, 7) is 5.05.